The van der Waals surface area contributed by atoms with Gasteiger partial charge >= 0.3 is 5.97 Å². The first kappa shape index (κ1) is 16.4. The molecule has 5 atom stereocenters. The molecule has 2 aliphatic heterocycles. The second-order valence-corrected chi connectivity index (χ2v) is 6.25. The van der Waals surface area contributed by atoms with E-state index < -0.39 is 30.3 Å². The Morgan fingerprint density at radius 3 is 2.43 bits per heavy atom. The number of rotatable bonds is 3. The minimum absolute atomic E-state index is 0.224. The molecule has 126 valence electrons. The van der Waals surface area contributed by atoms with Crippen molar-refractivity contribution in [1.82, 2.24) is 0 Å². The molecule has 2 fully saturated rings. The van der Waals surface area contributed by atoms with E-state index in [0.717, 1.165) is 0 Å². The van der Waals surface area contributed by atoms with E-state index in [4.69, 9.17) is 23.7 Å². The van der Waals surface area contributed by atoms with Gasteiger partial charge in [0, 0.05) is 7.11 Å². The third kappa shape index (κ3) is 3.26. The van der Waals surface area contributed by atoms with Crippen molar-refractivity contribution in [2.24, 2.45) is 0 Å². The van der Waals surface area contributed by atoms with Crippen LogP contribution in [0.2, 0.25) is 0 Å². The second-order valence-electron chi connectivity index (χ2n) is 6.25. The maximum atomic E-state index is 12.4. The van der Waals surface area contributed by atoms with Crippen LogP contribution in [0.4, 0.5) is 0 Å². The van der Waals surface area contributed by atoms with Gasteiger partial charge in [-0.2, -0.15) is 0 Å². The first-order chi connectivity index (χ1) is 10.9. The van der Waals surface area contributed by atoms with E-state index in [9.17, 15) is 4.79 Å². The van der Waals surface area contributed by atoms with Crippen LogP contribution in [0.5, 0.6) is 0 Å². The summed E-state index contributed by atoms with van der Waals surface area (Å²) in [6.45, 7) is 5.55. The van der Waals surface area contributed by atoms with Gasteiger partial charge in [-0.3, -0.25) is 0 Å². The van der Waals surface area contributed by atoms with Crippen molar-refractivity contribution in [2.45, 2.75) is 57.3 Å². The highest BCUT2D eigenvalue weighted by atomic mass is 16.8. The Bertz CT molecular complexity index is 557. The molecule has 0 spiro atoms. The Morgan fingerprint density at radius 2 is 1.78 bits per heavy atom. The number of esters is 1. The molecule has 0 aromatic heterocycles. The van der Waals surface area contributed by atoms with Crippen molar-refractivity contribution < 1.29 is 28.5 Å². The van der Waals surface area contributed by atoms with Gasteiger partial charge in [0.2, 0.25) is 0 Å². The van der Waals surface area contributed by atoms with Gasteiger partial charge in [0.1, 0.15) is 12.2 Å². The van der Waals surface area contributed by atoms with Crippen LogP contribution in [-0.4, -0.2) is 49.6 Å². The smallest absolute Gasteiger partial charge is 0.338 e. The number of hydrogen-bond donors (Lipinski definition) is 0. The number of hydrogen-bond acceptors (Lipinski definition) is 6. The minimum atomic E-state index is -0.757. The average molecular weight is 322 g/mol. The number of methoxy groups -OCH3 is 1. The van der Waals surface area contributed by atoms with E-state index >= 15 is 0 Å². The van der Waals surface area contributed by atoms with Crippen molar-refractivity contribution in [1.29, 1.82) is 0 Å². The molecule has 23 heavy (non-hydrogen) atoms. The van der Waals surface area contributed by atoms with E-state index in [2.05, 4.69) is 0 Å². The number of carbonyl (C=O) groups is 1. The molecule has 6 heteroatoms. The molecule has 3 rings (SSSR count). The number of fused-ring (bicyclic) bond motifs is 1. The van der Waals surface area contributed by atoms with Crippen molar-refractivity contribution in [3.63, 3.8) is 0 Å². The van der Waals surface area contributed by atoms with Crippen LogP contribution in [0.25, 0.3) is 0 Å². The van der Waals surface area contributed by atoms with Crippen LogP contribution in [0.15, 0.2) is 30.3 Å². The van der Waals surface area contributed by atoms with Crippen molar-refractivity contribution >= 4 is 5.97 Å². The fraction of sp³-hybridized carbons (Fsp3) is 0.588. The SMILES string of the molecule is CO[C@H]1O[C@H](C)[C@@H]2OC(C)(C)O[C@@H]2[C@H]1OC(=O)c1ccccc1. The van der Waals surface area contributed by atoms with Gasteiger partial charge in [0.15, 0.2) is 18.2 Å². The molecule has 0 saturated carbocycles. The van der Waals surface area contributed by atoms with E-state index in [0.29, 0.717) is 5.56 Å². The predicted octanol–water partition coefficient (Wildman–Crippen LogP) is 2.12. The quantitative estimate of drug-likeness (QED) is 0.794. The fourth-order valence-corrected chi connectivity index (χ4v) is 3.03. The standard InChI is InChI=1S/C17H22O6/c1-10-12-13(23-17(2,3)22-12)14(16(19-4)20-10)21-15(18)11-8-6-5-7-9-11/h5-10,12-14,16H,1-4H3/t10-,12+,13+,14-,16+/m1/s1. The summed E-state index contributed by atoms with van der Waals surface area (Å²) >= 11 is 0. The fourth-order valence-electron chi connectivity index (χ4n) is 3.03. The summed E-state index contributed by atoms with van der Waals surface area (Å²) in [6.07, 6.45) is -2.37. The molecule has 6 nitrogen and oxygen atoms in total. The lowest BCUT2D eigenvalue weighted by Crippen LogP contribution is -2.57. The number of benzene rings is 1. The molecular weight excluding hydrogens is 300 g/mol. The van der Waals surface area contributed by atoms with Crippen LogP contribution in [0, 0.1) is 0 Å². The van der Waals surface area contributed by atoms with Crippen molar-refractivity contribution in [3.8, 4) is 0 Å². The van der Waals surface area contributed by atoms with Crippen molar-refractivity contribution in [2.75, 3.05) is 7.11 Å². The van der Waals surface area contributed by atoms with Crippen LogP contribution >= 0.6 is 0 Å². The van der Waals surface area contributed by atoms with Crippen LogP contribution in [0.3, 0.4) is 0 Å². The molecule has 0 unspecified atom stereocenters. The Hall–Kier alpha value is -1.47. The summed E-state index contributed by atoms with van der Waals surface area (Å²) in [7, 11) is 1.52. The van der Waals surface area contributed by atoms with Gasteiger partial charge in [-0.05, 0) is 32.9 Å². The molecule has 0 amide bonds. The van der Waals surface area contributed by atoms with Crippen molar-refractivity contribution in [3.05, 3.63) is 35.9 Å². The largest absolute Gasteiger partial charge is 0.450 e. The maximum Gasteiger partial charge on any atom is 0.338 e. The maximum absolute atomic E-state index is 12.4. The van der Waals surface area contributed by atoms with Crippen LogP contribution < -0.4 is 0 Å². The zero-order valence-corrected chi connectivity index (χ0v) is 13.7. The molecule has 0 radical (unpaired) electrons. The third-order valence-corrected chi connectivity index (χ3v) is 4.05. The second kappa shape index (κ2) is 6.20. The highest BCUT2D eigenvalue weighted by Crippen LogP contribution is 2.38. The van der Waals surface area contributed by atoms with Gasteiger partial charge in [0.25, 0.3) is 0 Å². The average Bonchev–Trinajstić information content (AvgIpc) is 2.86. The summed E-state index contributed by atoms with van der Waals surface area (Å²) in [5.74, 6) is -1.20. The molecule has 2 saturated heterocycles. The Morgan fingerprint density at radius 1 is 1.13 bits per heavy atom. The Balaban J connectivity index is 1.81. The highest BCUT2D eigenvalue weighted by molar-refractivity contribution is 5.89. The highest BCUT2D eigenvalue weighted by Gasteiger charge is 2.55. The molecule has 1 aromatic rings. The lowest BCUT2D eigenvalue weighted by molar-refractivity contribution is -0.264. The van der Waals surface area contributed by atoms with Gasteiger partial charge in [0.05, 0.1) is 11.7 Å². The topological polar surface area (TPSA) is 63.2 Å². The summed E-state index contributed by atoms with van der Waals surface area (Å²) < 4.78 is 28.6. The Kier molecular flexibility index (Phi) is 4.42. The normalized spacial score (nSPS) is 35.6. The first-order valence-corrected chi connectivity index (χ1v) is 7.71. The summed E-state index contributed by atoms with van der Waals surface area (Å²) in [5, 5.41) is 0. The molecule has 1 aromatic carbocycles. The van der Waals surface area contributed by atoms with E-state index in [-0.39, 0.29) is 12.2 Å². The zero-order valence-electron chi connectivity index (χ0n) is 13.7. The summed E-state index contributed by atoms with van der Waals surface area (Å²) in [4.78, 5) is 12.4. The van der Waals surface area contributed by atoms with Gasteiger partial charge in [-0.1, -0.05) is 18.2 Å². The Labute approximate surface area is 135 Å². The summed E-state index contributed by atoms with van der Waals surface area (Å²) in [6, 6.07) is 8.80. The van der Waals surface area contributed by atoms with Gasteiger partial charge in [-0.25, -0.2) is 4.79 Å². The van der Waals surface area contributed by atoms with Gasteiger partial charge < -0.3 is 23.7 Å². The number of ether oxygens (including phenoxy) is 5. The monoisotopic (exact) mass is 322 g/mol. The van der Waals surface area contributed by atoms with E-state index in [1.807, 2.05) is 26.8 Å². The lowest BCUT2D eigenvalue weighted by atomic mass is 10.00. The van der Waals surface area contributed by atoms with Crippen LogP contribution in [-0.2, 0) is 23.7 Å². The predicted molar refractivity (Wildman–Crippen MR) is 80.8 cm³/mol. The number of carbonyl (C=O) groups excluding carboxylic acids is 1. The van der Waals surface area contributed by atoms with Crippen LogP contribution in [0.1, 0.15) is 31.1 Å². The third-order valence-electron chi connectivity index (χ3n) is 4.05. The molecule has 0 N–H and O–H groups in total. The molecule has 2 heterocycles. The molecule has 0 bridgehead atoms. The molecule has 2 aliphatic rings. The van der Waals surface area contributed by atoms with E-state index in [1.165, 1.54) is 7.11 Å². The lowest BCUT2D eigenvalue weighted by Gasteiger charge is -2.39. The first-order valence-electron chi connectivity index (χ1n) is 7.71. The minimum Gasteiger partial charge on any atom is -0.450 e. The zero-order chi connectivity index (χ0) is 16.6. The van der Waals surface area contributed by atoms with Gasteiger partial charge in [-0.15, -0.1) is 0 Å². The van der Waals surface area contributed by atoms with E-state index in [1.54, 1.807) is 24.3 Å². The molecular formula is C17H22O6. The summed E-state index contributed by atoms with van der Waals surface area (Å²) in [5.41, 5.74) is 0.468. The molecule has 0 aliphatic carbocycles.